The van der Waals surface area contributed by atoms with E-state index >= 15 is 0 Å². The van der Waals surface area contributed by atoms with Crippen LogP contribution in [0.15, 0.2) is 30.3 Å². The number of pyridine rings is 1. The molecule has 0 saturated heterocycles. The number of hydrogen-bond donors (Lipinski definition) is 0. The second-order valence-corrected chi connectivity index (χ2v) is 3.06. The van der Waals surface area contributed by atoms with Crippen molar-refractivity contribution in [3.8, 4) is 0 Å². The fourth-order valence-electron chi connectivity index (χ4n) is 1.28. The standard InChI is InChI=1S/C10H6ClNO/c11-10-5-7-3-1-2-4-8(7)9(6-13)12-10/h1-6H. The van der Waals surface area contributed by atoms with E-state index in [1.54, 1.807) is 6.07 Å². The highest BCUT2D eigenvalue weighted by molar-refractivity contribution is 6.30. The van der Waals surface area contributed by atoms with Crippen molar-refractivity contribution in [3.63, 3.8) is 0 Å². The molecule has 13 heavy (non-hydrogen) atoms. The Morgan fingerprint density at radius 1 is 1.31 bits per heavy atom. The van der Waals surface area contributed by atoms with Gasteiger partial charge in [-0.15, -0.1) is 0 Å². The highest BCUT2D eigenvalue weighted by Gasteiger charge is 2.02. The highest BCUT2D eigenvalue weighted by Crippen LogP contribution is 2.19. The van der Waals surface area contributed by atoms with Crippen LogP contribution in [0.3, 0.4) is 0 Å². The second kappa shape index (κ2) is 3.15. The lowest BCUT2D eigenvalue weighted by Gasteiger charge is -1.99. The van der Waals surface area contributed by atoms with E-state index in [1.807, 2.05) is 24.3 Å². The van der Waals surface area contributed by atoms with E-state index in [2.05, 4.69) is 4.98 Å². The van der Waals surface area contributed by atoms with Crippen molar-refractivity contribution in [1.82, 2.24) is 4.98 Å². The van der Waals surface area contributed by atoms with Gasteiger partial charge in [-0.3, -0.25) is 4.79 Å². The van der Waals surface area contributed by atoms with Crippen LogP contribution in [-0.2, 0) is 0 Å². The quantitative estimate of drug-likeness (QED) is 0.513. The van der Waals surface area contributed by atoms with Gasteiger partial charge in [0.1, 0.15) is 10.8 Å². The minimum atomic E-state index is 0.348. The average Bonchev–Trinajstić information content (AvgIpc) is 2.16. The summed E-state index contributed by atoms with van der Waals surface area (Å²) in [6, 6.07) is 9.25. The third-order valence-electron chi connectivity index (χ3n) is 1.85. The number of carbonyl (C=O) groups excluding carboxylic acids is 1. The number of carbonyl (C=O) groups is 1. The normalized spacial score (nSPS) is 10.2. The minimum Gasteiger partial charge on any atom is -0.296 e. The van der Waals surface area contributed by atoms with Gasteiger partial charge in [0.2, 0.25) is 0 Å². The number of rotatable bonds is 1. The molecule has 0 radical (unpaired) electrons. The molecule has 2 aromatic rings. The van der Waals surface area contributed by atoms with Gasteiger partial charge < -0.3 is 0 Å². The van der Waals surface area contributed by atoms with Gasteiger partial charge in [0.25, 0.3) is 0 Å². The molecule has 1 aromatic carbocycles. The van der Waals surface area contributed by atoms with Crippen LogP contribution < -0.4 is 0 Å². The van der Waals surface area contributed by atoms with Crippen molar-refractivity contribution < 1.29 is 4.79 Å². The molecule has 2 rings (SSSR count). The molecule has 64 valence electrons. The maximum atomic E-state index is 10.7. The fraction of sp³-hybridized carbons (Fsp3) is 0. The van der Waals surface area contributed by atoms with E-state index in [-0.39, 0.29) is 0 Å². The van der Waals surface area contributed by atoms with Gasteiger partial charge in [-0.1, -0.05) is 35.9 Å². The molecule has 0 N–H and O–H groups in total. The molecule has 0 atom stereocenters. The minimum absolute atomic E-state index is 0.348. The molecule has 0 aliphatic rings. The molecule has 0 saturated carbocycles. The first-order valence-electron chi connectivity index (χ1n) is 3.82. The zero-order valence-corrected chi connectivity index (χ0v) is 7.45. The van der Waals surface area contributed by atoms with Crippen LogP contribution >= 0.6 is 11.6 Å². The summed E-state index contributed by atoms with van der Waals surface area (Å²) in [5, 5.41) is 2.12. The molecule has 0 aliphatic heterocycles. The summed E-state index contributed by atoms with van der Waals surface area (Å²) >= 11 is 5.73. The molecule has 0 bridgehead atoms. The summed E-state index contributed by atoms with van der Waals surface area (Å²) in [6.07, 6.45) is 0.716. The van der Waals surface area contributed by atoms with Crippen LogP contribution in [0.25, 0.3) is 10.8 Å². The van der Waals surface area contributed by atoms with Gasteiger partial charge in [0.05, 0.1) is 0 Å². The fourth-order valence-corrected chi connectivity index (χ4v) is 1.49. The first-order chi connectivity index (χ1) is 6.31. The van der Waals surface area contributed by atoms with Gasteiger partial charge in [0, 0.05) is 5.39 Å². The maximum Gasteiger partial charge on any atom is 0.169 e. The topological polar surface area (TPSA) is 30.0 Å². The van der Waals surface area contributed by atoms with Crippen LogP contribution in [-0.4, -0.2) is 11.3 Å². The van der Waals surface area contributed by atoms with Crippen molar-refractivity contribution in [2.24, 2.45) is 0 Å². The van der Waals surface area contributed by atoms with Gasteiger partial charge in [-0.25, -0.2) is 4.98 Å². The first-order valence-corrected chi connectivity index (χ1v) is 4.19. The van der Waals surface area contributed by atoms with Crippen LogP contribution in [0.1, 0.15) is 10.5 Å². The predicted octanol–water partition coefficient (Wildman–Crippen LogP) is 2.70. The number of hydrogen-bond acceptors (Lipinski definition) is 2. The van der Waals surface area contributed by atoms with E-state index in [1.165, 1.54) is 0 Å². The third kappa shape index (κ3) is 1.40. The van der Waals surface area contributed by atoms with Crippen molar-refractivity contribution in [3.05, 3.63) is 41.2 Å². The molecule has 1 heterocycles. The molecule has 0 spiro atoms. The predicted molar refractivity (Wildman–Crippen MR) is 52.1 cm³/mol. The zero-order valence-electron chi connectivity index (χ0n) is 6.70. The van der Waals surface area contributed by atoms with Gasteiger partial charge in [0.15, 0.2) is 6.29 Å². The SMILES string of the molecule is O=Cc1nc(Cl)cc2ccccc12. The number of aldehydes is 1. The van der Waals surface area contributed by atoms with Crippen LogP contribution in [0, 0.1) is 0 Å². The Kier molecular flexibility index (Phi) is 1.99. The first kappa shape index (κ1) is 8.20. The summed E-state index contributed by atoms with van der Waals surface area (Å²) in [6.45, 7) is 0. The number of halogens is 1. The Balaban J connectivity index is 2.89. The Hall–Kier alpha value is -1.41. The maximum absolute atomic E-state index is 10.7. The van der Waals surface area contributed by atoms with Crippen molar-refractivity contribution in [1.29, 1.82) is 0 Å². The van der Waals surface area contributed by atoms with E-state index in [9.17, 15) is 4.79 Å². The third-order valence-corrected chi connectivity index (χ3v) is 2.04. The van der Waals surface area contributed by atoms with E-state index < -0.39 is 0 Å². The Labute approximate surface area is 80.2 Å². The molecule has 0 fully saturated rings. The van der Waals surface area contributed by atoms with Crippen LogP contribution in [0.4, 0.5) is 0 Å². The summed E-state index contributed by atoms with van der Waals surface area (Å²) in [4.78, 5) is 14.6. The smallest absolute Gasteiger partial charge is 0.169 e. The lowest BCUT2D eigenvalue weighted by Crippen LogP contribution is -1.89. The van der Waals surface area contributed by atoms with Crippen molar-refractivity contribution in [2.75, 3.05) is 0 Å². The number of aromatic nitrogens is 1. The van der Waals surface area contributed by atoms with Gasteiger partial charge >= 0.3 is 0 Å². The monoisotopic (exact) mass is 191 g/mol. The lowest BCUT2D eigenvalue weighted by atomic mass is 10.1. The van der Waals surface area contributed by atoms with E-state index in [4.69, 9.17) is 11.6 Å². The molecule has 1 aromatic heterocycles. The Morgan fingerprint density at radius 3 is 2.85 bits per heavy atom. The largest absolute Gasteiger partial charge is 0.296 e. The lowest BCUT2D eigenvalue weighted by molar-refractivity contribution is 0.112. The van der Waals surface area contributed by atoms with E-state index in [0.717, 1.165) is 10.8 Å². The summed E-state index contributed by atoms with van der Waals surface area (Å²) in [7, 11) is 0. The van der Waals surface area contributed by atoms with Crippen LogP contribution in [0.5, 0.6) is 0 Å². The molecule has 0 aliphatic carbocycles. The van der Waals surface area contributed by atoms with Crippen LogP contribution in [0.2, 0.25) is 5.15 Å². The van der Waals surface area contributed by atoms with Gasteiger partial charge in [-0.05, 0) is 11.5 Å². The zero-order chi connectivity index (χ0) is 9.26. The summed E-state index contributed by atoms with van der Waals surface area (Å²) in [5.41, 5.74) is 0.392. The summed E-state index contributed by atoms with van der Waals surface area (Å²) < 4.78 is 0. The molecular formula is C10H6ClNO. The highest BCUT2D eigenvalue weighted by atomic mass is 35.5. The van der Waals surface area contributed by atoms with Crippen molar-refractivity contribution in [2.45, 2.75) is 0 Å². The number of nitrogens with zero attached hydrogens (tertiary/aromatic N) is 1. The van der Waals surface area contributed by atoms with E-state index in [0.29, 0.717) is 17.1 Å². The van der Waals surface area contributed by atoms with Gasteiger partial charge in [-0.2, -0.15) is 0 Å². The Morgan fingerprint density at radius 2 is 2.08 bits per heavy atom. The number of fused-ring (bicyclic) bond motifs is 1. The average molecular weight is 192 g/mol. The molecule has 0 unspecified atom stereocenters. The number of benzene rings is 1. The molecular weight excluding hydrogens is 186 g/mol. The second-order valence-electron chi connectivity index (χ2n) is 2.67. The summed E-state index contributed by atoms with van der Waals surface area (Å²) in [5.74, 6) is 0. The molecule has 0 amide bonds. The molecule has 2 nitrogen and oxygen atoms in total. The molecule has 3 heteroatoms. The van der Waals surface area contributed by atoms with Crippen molar-refractivity contribution >= 4 is 28.7 Å². The Bertz CT molecular complexity index is 467.